The molecule has 0 aromatic rings. The van der Waals surface area contributed by atoms with Crippen molar-refractivity contribution in [2.45, 2.75) is 13.3 Å². The van der Waals surface area contributed by atoms with Gasteiger partial charge >= 0.3 is 17.9 Å². The highest BCUT2D eigenvalue weighted by Crippen LogP contribution is 2.47. The van der Waals surface area contributed by atoms with E-state index in [1.54, 1.807) is 12.2 Å². The molecule has 4 atom stereocenters. The van der Waals surface area contributed by atoms with Gasteiger partial charge in [-0.3, -0.25) is 14.4 Å². The smallest absolute Gasteiger partial charge is 0.318 e. The molecule has 5 nitrogen and oxygen atoms in total. The van der Waals surface area contributed by atoms with Gasteiger partial charge in [-0.15, -0.1) is 6.58 Å². The van der Waals surface area contributed by atoms with E-state index in [4.69, 9.17) is 9.47 Å². The number of carbonyl (C=O) groups excluding carboxylic acids is 3. The summed E-state index contributed by atoms with van der Waals surface area (Å²) in [5.74, 6) is -2.20. The van der Waals surface area contributed by atoms with Crippen LogP contribution in [-0.4, -0.2) is 24.5 Å². The Hall–Kier alpha value is -1.91. The van der Waals surface area contributed by atoms with E-state index >= 15 is 0 Å². The van der Waals surface area contributed by atoms with Crippen molar-refractivity contribution in [1.82, 2.24) is 0 Å². The monoisotopic (exact) mass is 264 g/mol. The maximum Gasteiger partial charge on any atom is 0.318 e. The number of fused-ring (bicyclic) bond motifs is 1. The molecule has 2 aliphatic rings. The second-order valence-electron chi connectivity index (χ2n) is 4.82. The Bertz CT molecular complexity index is 451. The summed E-state index contributed by atoms with van der Waals surface area (Å²) in [5.41, 5.74) is 0. The van der Waals surface area contributed by atoms with E-state index < -0.39 is 23.8 Å². The van der Waals surface area contributed by atoms with Gasteiger partial charge in [0.1, 0.15) is 6.61 Å². The molecule has 19 heavy (non-hydrogen) atoms. The van der Waals surface area contributed by atoms with Crippen molar-refractivity contribution in [2.75, 3.05) is 6.61 Å². The fourth-order valence-electron chi connectivity index (χ4n) is 2.86. The summed E-state index contributed by atoms with van der Waals surface area (Å²) in [6.45, 7) is 5.21. The summed E-state index contributed by atoms with van der Waals surface area (Å²) in [7, 11) is 0. The lowest BCUT2D eigenvalue weighted by molar-refractivity contribution is -0.154. The van der Waals surface area contributed by atoms with Crippen molar-refractivity contribution in [1.29, 1.82) is 0 Å². The Morgan fingerprint density at radius 2 is 2.00 bits per heavy atom. The van der Waals surface area contributed by atoms with Crippen LogP contribution in [0.3, 0.4) is 0 Å². The summed E-state index contributed by atoms with van der Waals surface area (Å²) >= 11 is 0. The zero-order valence-electron chi connectivity index (χ0n) is 10.7. The number of hydrogen-bond acceptors (Lipinski definition) is 5. The lowest BCUT2D eigenvalue weighted by Crippen LogP contribution is -2.19. The van der Waals surface area contributed by atoms with Crippen LogP contribution in [0.4, 0.5) is 0 Å². The van der Waals surface area contributed by atoms with E-state index in [-0.39, 0.29) is 24.4 Å². The number of cyclic esters (lactones) is 2. The molecule has 1 aliphatic carbocycles. The van der Waals surface area contributed by atoms with Crippen LogP contribution in [0.2, 0.25) is 0 Å². The fraction of sp³-hybridized carbons (Fsp3) is 0.500. The van der Waals surface area contributed by atoms with E-state index in [0.29, 0.717) is 6.42 Å². The highest BCUT2D eigenvalue weighted by molar-refractivity contribution is 5.97. The van der Waals surface area contributed by atoms with Crippen LogP contribution in [0.5, 0.6) is 0 Å². The van der Waals surface area contributed by atoms with Crippen LogP contribution in [0.1, 0.15) is 13.3 Å². The summed E-state index contributed by atoms with van der Waals surface area (Å²) < 4.78 is 9.48. The Morgan fingerprint density at radius 3 is 2.58 bits per heavy atom. The summed E-state index contributed by atoms with van der Waals surface area (Å²) in [5, 5.41) is 0. The van der Waals surface area contributed by atoms with E-state index in [2.05, 4.69) is 6.58 Å². The first kappa shape index (κ1) is 13.5. The van der Waals surface area contributed by atoms with Gasteiger partial charge in [-0.2, -0.15) is 0 Å². The van der Waals surface area contributed by atoms with Crippen LogP contribution in [-0.2, 0) is 23.9 Å². The molecule has 0 bridgehead atoms. The molecule has 1 aliphatic heterocycles. The first-order valence-electron chi connectivity index (χ1n) is 6.22. The average Bonchev–Trinajstić information content (AvgIpc) is 2.85. The maximum absolute atomic E-state index is 11.7. The van der Waals surface area contributed by atoms with Gasteiger partial charge < -0.3 is 9.47 Å². The van der Waals surface area contributed by atoms with Gasteiger partial charge in [-0.25, -0.2) is 0 Å². The zero-order valence-corrected chi connectivity index (χ0v) is 10.7. The normalized spacial score (nSPS) is 33.3. The molecule has 0 aromatic carbocycles. The lowest BCUT2D eigenvalue weighted by atomic mass is 9.89. The number of hydrogen-bond donors (Lipinski definition) is 0. The summed E-state index contributed by atoms with van der Waals surface area (Å²) in [6.07, 6.45) is 5.92. The standard InChI is InChI=1S/C14H16O5/c1-3-9-7-10(5-4-6-18-8(2)15)12-11(9)13(16)19-14(12)17/h3-5,9-12H,1,6-7H2,2H3/b5-4-/t9-,10+,11-,12+/m1/s1. The Labute approximate surface area is 111 Å². The molecule has 102 valence electrons. The maximum atomic E-state index is 11.7. The molecule has 2 rings (SSSR count). The lowest BCUT2D eigenvalue weighted by Gasteiger charge is -2.08. The topological polar surface area (TPSA) is 69.7 Å². The molecular weight excluding hydrogens is 248 g/mol. The predicted molar refractivity (Wildman–Crippen MR) is 65.6 cm³/mol. The molecule has 0 radical (unpaired) electrons. The van der Waals surface area contributed by atoms with Crippen LogP contribution >= 0.6 is 0 Å². The van der Waals surface area contributed by atoms with Gasteiger partial charge in [0, 0.05) is 6.92 Å². The third-order valence-electron chi connectivity index (χ3n) is 3.67. The number of allylic oxidation sites excluding steroid dienone is 2. The number of esters is 3. The quantitative estimate of drug-likeness (QED) is 0.434. The van der Waals surface area contributed by atoms with Gasteiger partial charge in [0.25, 0.3) is 0 Å². The minimum absolute atomic E-state index is 0.0349. The van der Waals surface area contributed by atoms with Crippen molar-refractivity contribution < 1.29 is 23.9 Å². The number of ether oxygens (including phenoxy) is 2. The third kappa shape index (κ3) is 2.59. The van der Waals surface area contributed by atoms with Crippen molar-refractivity contribution >= 4 is 17.9 Å². The number of rotatable bonds is 4. The molecule has 0 unspecified atom stereocenters. The van der Waals surface area contributed by atoms with E-state index in [9.17, 15) is 14.4 Å². The molecule has 1 saturated carbocycles. The zero-order chi connectivity index (χ0) is 14.0. The molecule has 2 fully saturated rings. The molecule has 5 heteroatoms. The summed E-state index contributed by atoms with van der Waals surface area (Å²) in [4.78, 5) is 33.9. The van der Waals surface area contributed by atoms with E-state index in [0.717, 1.165) is 0 Å². The first-order chi connectivity index (χ1) is 9.04. The van der Waals surface area contributed by atoms with Gasteiger partial charge in [0.15, 0.2) is 0 Å². The Morgan fingerprint density at radius 1 is 1.37 bits per heavy atom. The van der Waals surface area contributed by atoms with E-state index in [1.807, 2.05) is 6.08 Å². The molecular formula is C14H16O5. The highest BCUT2D eigenvalue weighted by atomic mass is 16.6. The molecule has 0 N–H and O–H groups in total. The molecule has 0 aromatic heterocycles. The predicted octanol–water partition coefficient (Wildman–Crippen LogP) is 1.24. The second kappa shape index (κ2) is 5.38. The molecule has 0 spiro atoms. The van der Waals surface area contributed by atoms with Gasteiger partial charge in [-0.1, -0.05) is 18.2 Å². The SMILES string of the molecule is C=C[C@@H]1C[C@H](/C=C\COC(C)=O)[C@@H]2C(=O)OC(=O)[C@@H]21. The summed E-state index contributed by atoms with van der Waals surface area (Å²) in [6, 6.07) is 0. The Balaban J connectivity index is 2.05. The van der Waals surface area contributed by atoms with E-state index in [1.165, 1.54) is 6.92 Å². The highest BCUT2D eigenvalue weighted by Gasteiger charge is 2.55. The second-order valence-corrected chi connectivity index (χ2v) is 4.82. The van der Waals surface area contributed by atoms with Crippen molar-refractivity contribution in [2.24, 2.45) is 23.7 Å². The van der Waals surface area contributed by atoms with Crippen molar-refractivity contribution in [3.8, 4) is 0 Å². The van der Waals surface area contributed by atoms with Crippen molar-refractivity contribution in [3.63, 3.8) is 0 Å². The molecule has 1 heterocycles. The fourth-order valence-corrected chi connectivity index (χ4v) is 2.86. The third-order valence-corrected chi connectivity index (χ3v) is 3.67. The largest absolute Gasteiger partial charge is 0.462 e. The van der Waals surface area contributed by atoms with Gasteiger partial charge in [0.2, 0.25) is 0 Å². The molecule has 1 saturated heterocycles. The van der Waals surface area contributed by atoms with Gasteiger partial charge in [-0.05, 0) is 18.3 Å². The first-order valence-corrected chi connectivity index (χ1v) is 6.22. The number of carbonyl (C=O) groups is 3. The van der Waals surface area contributed by atoms with Crippen LogP contribution in [0, 0.1) is 23.7 Å². The molecule has 0 amide bonds. The average molecular weight is 264 g/mol. The van der Waals surface area contributed by atoms with Crippen LogP contribution < -0.4 is 0 Å². The van der Waals surface area contributed by atoms with Crippen LogP contribution in [0.15, 0.2) is 24.8 Å². The van der Waals surface area contributed by atoms with Crippen LogP contribution in [0.25, 0.3) is 0 Å². The van der Waals surface area contributed by atoms with Gasteiger partial charge in [0.05, 0.1) is 11.8 Å². The Kier molecular flexibility index (Phi) is 3.83. The minimum Gasteiger partial charge on any atom is -0.462 e. The van der Waals surface area contributed by atoms with Crippen molar-refractivity contribution in [3.05, 3.63) is 24.8 Å². The minimum atomic E-state index is -0.457.